The second kappa shape index (κ2) is 7.23. The first-order valence-electron chi connectivity index (χ1n) is 7.09. The Bertz CT molecular complexity index is 806. The predicted octanol–water partition coefficient (Wildman–Crippen LogP) is 2.77. The van der Waals surface area contributed by atoms with E-state index in [1.165, 1.54) is 42.5 Å². The number of rotatable bonds is 6. The van der Waals surface area contributed by atoms with Gasteiger partial charge in [0.05, 0.1) is 10.6 Å². The van der Waals surface area contributed by atoms with Crippen molar-refractivity contribution in [2.24, 2.45) is 0 Å². The standard InChI is InChI=1S/C16H17FN2O3S/c1-2-9-18-16(20)12-5-3-8-15(10-12)23(21,22)19-14-7-4-6-13(17)11-14/h3-8,10-11,19H,2,9H2,1H3,(H,18,20). The van der Waals surface area contributed by atoms with Crippen LogP contribution in [0.1, 0.15) is 23.7 Å². The van der Waals surface area contributed by atoms with Crippen LogP contribution in [0.4, 0.5) is 10.1 Å². The molecule has 2 aromatic rings. The fourth-order valence-corrected chi connectivity index (χ4v) is 3.01. The third-order valence-electron chi connectivity index (χ3n) is 3.02. The smallest absolute Gasteiger partial charge is 0.261 e. The number of anilines is 1. The summed E-state index contributed by atoms with van der Waals surface area (Å²) in [5.74, 6) is -0.882. The van der Waals surface area contributed by atoms with Gasteiger partial charge >= 0.3 is 0 Å². The van der Waals surface area contributed by atoms with E-state index in [1.807, 2.05) is 6.92 Å². The first-order valence-corrected chi connectivity index (χ1v) is 8.57. The quantitative estimate of drug-likeness (QED) is 0.852. The molecule has 2 aromatic carbocycles. The molecule has 0 unspecified atom stereocenters. The molecule has 0 spiro atoms. The van der Waals surface area contributed by atoms with Gasteiger partial charge in [0, 0.05) is 12.1 Å². The van der Waals surface area contributed by atoms with Gasteiger partial charge in [-0.1, -0.05) is 19.1 Å². The highest BCUT2D eigenvalue weighted by Gasteiger charge is 2.16. The van der Waals surface area contributed by atoms with E-state index in [0.717, 1.165) is 12.5 Å². The van der Waals surface area contributed by atoms with Crippen molar-refractivity contribution in [3.63, 3.8) is 0 Å². The minimum Gasteiger partial charge on any atom is -0.352 e. The molecular formula is C16H17FN2O3S. The van der Waals surface area contributed by atoms with E-state index in [9.17, 15) is 17.6 Å². The zero-order valence-corrected chi connectivity index (χ0v) is 13.4. The molecule has 0 bridgehead atoms. The topological polar surface area (TPSA) is 75.3 Å². The van der Waals surface area contributed by atoms with Crippen LogP contribution in [0.5, 0.6) is 0 Å². The number of carbonyl (C=O) groups is 1. The first-order chi connectivity index (χ1) is 10.9. The maximum Gasteiger partial charge on any atom is 0.261 e. The summed E-state index contributed by atoms with van der Waals surface area (Å²) < 4.78 is 40.1. The maximum atomic E-state index is 13.1. The number of nitrogens with one attached hydrogen (secondary N) is 2. The van der Waals surface area contributed by atoms with E-state index in [2.05, 4.69) is 10.0 Å². The molecular weight excluding hydrogens is 319 g/mol. The summed E-state index contributed by atoms with van der Waals surface area (Å²) in [5.41, 5.74) is 0.367. The molecule has 7 heteroatoms. The lowest BCUT2D eigenvalue weighted by Gasteiger charge is -2.09. The summed E-state index contributed by atoms with van der Waals surface area (Å²) in [4.78, 5) is 11.8. The van der Waals surface area contributed by atoms with Crippen LogP contribution in [0, 0.1) is 5.82 Å². The fraction of sp³-hybridized carbons (Fsp3) is 0.188. The second-order valence-electron chi connectivity index (χ2n) is 4.90. The van der Waals surface area contributed by atoms with E-state index >= 15 is 0 Å². The molecule has 0 radical (unpaired) electrons. The average molecular weight is 336 g/mol. The number of benzene rings is 2. The molecule has 0 aliphatic carbocycles. The van der Waals surface area contributed by atoms with Crippen LogP contribution in [0.3, 0.4) is 0 Å². The van der Waals surface area contributed by atoms with Gasteiger partial charge in [0.1, 0.15) is 5.82 Å². The van der Waals surface area contributed by atoms with Crippen molar-refractivity contribution in [3.05, 3.63) is 59.9 Å². The number of hydrogen-bond donors (Lipinski definition) is 2. The molecule has 122 valence electrons. The third-order valence-corrected chi connectivity index (χ3v) is 4.40. The summed E-state index contributed by atoms with van der Waals surface area (Å²) in [5, 5.41) is 2.68. The summed E-state index contributed by atoms with van der Waals surface area (Å²) >= 11 is 0. The third kappa shape index (κ3) is 4.53. The molecule has 0 fully saturated rings. The Morgan fingerprint density at radius 1 is 1.13 bits per heavy atom. The van der Waals surface area contributed by atoms with Crippen LogP contribution < -0.4 is 10.0 Å². The Balaban J connectivity index is 2.24. The monoisotopic (exact) mass is 336 g/mol. The molecule has 0 saturated heterocycles. The Labute approximate surface area is 134 Å². The molecule has 5 nitrogen and oxygen atoms in total. The number of sulfonamides is 1. The highest BCUT2D eigenvalue weighted by atomic mass is 32.2. The second-order valence-corrected chi connectivity index (χ2v) is 6.58. The number of hydrogen-bond acceptors (Lipinski definition) is 3. The van der Waals surface area contributed by atoms with E-state index in [-0.39, 0.29) is 22.1 Å². The SMILES string of the molecule is CCCNC(=O)c1cccc(S(=O)(=O)Nc2cccc(F)c2)c1. The number of carbonyl (C=O) groups excluding carboxylic acids is 1. The van der Waals surface area contributed by atoms with Crippen molar-refractivity contribution in [2.45, 2.75) is 18.2 Å². The lowest BCUT2D eigenvalue weighted by atomic mass is 10.2. The van der Waals surface area contributed by atoms with Gasteiger partial charge in [0.2, 0.25) is 0 Å². The predicted molar refractivity (Wildman–Crippen MR) is 86.3 cm³/mol. The van der Waals surface area contributed by atoms with E-state index in [1.54, 1.807) is 0 Å². The fourth-order valence-electron chi connectivity index (χ4n) is 1.91. The van der Waals surface area contributed by atoms with Crippen LogP contribution in [0.2, 0.25) is 0 Å². The molecule has 23 heavy (non-hydrogen) atoms. The van der Waals surface area contributed by atoms with Crippen molar-refractivity contribution >= 4 is 21.6 Å². The lowest BCUT2D eigenvalue weighted by Crippen LogP contribution is -2.24. The summed E-state index contributed by atoms with van der Waals surface area (Å²) in [6.07, 6.45) is 0.783. The van der Waals surface area contributed by atoms with Crippen molar-refractivity contribution in [3.8, 4) is 0 Å². The van der Waals surface area contributed by atoms with Crippen LogP contribution in [-0.4, -0.2) is 20.9 Å². The van der Waals surface area contributed by atoms with Crippen LogP contribution >= 0.6 is 0 Å². The molecule has 0 aliphatic heterocycles. The van der Waals surface area contributed by atoms with Gasteiger partial charge < -0.3 is 5.32 Å². The molecule has 0 saturated carbocycles. The van der Waals surface area contributed by atoms with Crippen molar-refractivity contribution in [1.82, 2.24) is 5.32 Å². The van der Waals surface area contributed by atoms with Crippen molar-refractivity contribution < 1.29 is 17.6 Å². The largest absolute Gasteiger partial charge is 0.352 e. The minimum absolute atomic E-state index is 0.0640. The summed E-state index contributed by atoms with van der Waals surface area (Å²) in [6.45, 7) is 2.43. The number of halogens is 1. The molecule has 0 aromatic heterocycles. The molecule has 0 atom stereocenters. The van der Waals surface area contributed by atoms with Gasteiger partial charge in [0.15, 0.2) is 0 Å². The van der Waals surface area contributed by atoms with Gasteiger partial charge in [0.25, 0.3) is 15.9 Å². The molecule has 0 heterocycles. The summed E-state index contributed by atoms with van der Waals surface area (Å²) in [6, 6.07) is 10.8. The zero-order chi connectivity index (χ0) is 16.9. The Morgan fingerprint density at radius 3 is 2.57 bits per heavy atom. The summed E-state index contributed by atoms with van der Waals surface area (Å²) in [7, 11) is -3.90. The van der Waals surface area contributed by atoms with Crippen molar-refractivity contribution in [2.75, 3.05) is 11.3 Å². The Kier molecular flexibility index (Phi) is 5.33. The average Bonchev–Trinajstić information content (AvgIpc) is 2.52. The molecule has 0 aliphatic rings. The highest BCUT2D eigenvalue weighted by Crippen LogP contribution is 2.18. The van der Waals surface area contributed by atoms with E-state index in [0.29, 0.717) is 6.54 Å². The van der Waals surface area contributed by atoms with Gasteiger partial charge in [-0.05, 0) is 42.8 Å². The molecule has 2 N–H and O–H groups in total. The van der Waals surface area contributed by atoms with E-state index in [4.69, 9.17) is 0 Å². The van der Waals surface area contributed by atoms with Crippen LogP contribution in [0.25, 0.3) is 0 Å². The van der Waals surface area contributed by atoms with Crippen molar-refractivity contribution in [1.29, 1.82) is 0 Å². The molecule has 1 amide bonds. The van der Waals surface area contributed by atoms with Crippen LogP contribution in [-0.2, 0) is 10.0 Å². The first kappa shape index (κ1) is 17.0. The van der Waals surface area contributed by atoms with E-state index < -0.39 is 15.8 Å². The number of amides is 1. The minimum atomic E-state index is -3.90. The maximum absolute atomic E-state index is 13.1. The van der Waals surface area contributed by atoms with Crippen LogP contribution in [0.15, 0.2) is 53.4 Å². The van der Waals surface area contributed by atoms with Gasteiger partial charge in [-0.3, -0.25) is 9.52 Å². The van der Waals surface area contributed by atoms with Gasteiger partial charge in [-0.2, -0.15) is 0 Å². The van der Waals surface area contributed by atoms with Gasteiger partial charge in [-0.25, -0.2) is 12.8 Å². The molecule has 2 rings (SSSR count). The Hall–Kier alpha value is -2.41. The lowest BCUT2D eigenvalue weighted by molar-refractivity contribution is 0.0953. The zero-order valence-electron chi connectivity index (χ0n) is 12.5. The highest BCUT2D eigenvalue weighted by molar-refractivity contribution is 7.92. The van der Waals surface area contributed by atoms with Gasteiger partial charge in [-0.15, -0.1) is 0 Å². The Morgan fingerprint density at radius 2 is 1.87 bits per heavy atom. The normalized spacial score (nSPS) is 11.0.